The summed E-state index contributed by atoms with van der Waals surface area (Å²) >= 11 is 1.62. The molecule has 17 heavy (non-hydrogen) atoms. The van der Waals surface area contributed by atoms with Gasteiger partial charge in [-0.3, -0.25) is 0 Å². The Kier molecular flexibility index (Phi) is 5.31. The Balaban J connectivity index is 2.16. The first-order valence-corrected chi connectivity index (χ1v) is 9.72. The Hall–Kier alpha value is -0.233. The quantitative estimate of drug-likeness (QED) is 0.585. The van der Waals surface area contributed by atoms with Gasteiger partial charge in [-0.15, -0.1) is 11.3 Å². The van der Waals surface area contributed by atoms with Crippen molar-refractivity contribution in [1.29, 1.82) is 0 Å². The summed E-state index contributed by atoms with van der Waals surface area (Å²) < 4.78 is 11.5. The lowest BCUT2D eigenvalue weighted by Gasteiger charge is -2.36. The maximum atomic E-state index is 6.01. The minimum atomic E-state index is -1.61. The molecule has 0 saturated heterocycles. The summed E-state index contributed by atoms with van der Waals surface area (Å²) in [4.78, 5) is 4.16. The molecule has 0 aliphatic carbocycles. The van der Waals surface area contributed by atoms with Crippen LogP contribution in [0, 0.1) is 0 Å². The van der Waals surface area contributed by atoms with Gasteiger partial charge in [0.15, 0.2) is 8.32 Å². The Labute approximate surface area is 109 Å². The van der Waals surface area contributed by atoms with Crippen LogP contribution < -0.4 is 0 Å². The van der Waals surface area contributed by atoms with Crippen molar-refractivity contribution in [3.05, 3.63) is 16.6 Å². The van der Waals surface area contributed by atoms with Crippen LogP contribution in [-0.2, 0) is 15.8 Å². The third kappa shape index (κ3) is 4.87. The first kappa shape index (κ1) is 14.8. The van der Waals surface area contributed by atoms with Gasteiger partial charge in [-0.25, -0.2) is 4.98 Å². The number of hydrogen-bond donors (Lipinski definition) is 0. The summed E-state index contributed by atoms with van der Waals surface area (Å²) in [6.45, 7) is 13.2. The van der Waals surface area contributed by atoms with E-state index in [1.54, 1.807) is 17.5 Å². The molecule has 0 unspecified atom stereocenters. The minimum absolute atomic E-state index is 0.266. The van der Waals surface area contributed by atoms with Crippen molar-refractivity contribution in [2.45, 2.75) is 45.5 Å². The van der Waals surface area contributed by atoms with Gasteiger partial charge >= 0.3 is 0 Å². The fourth-order valence-electron chi connectivity index (χ4n) is 1.06. The van der Waals surface area contributed by atoms with Crippen LogP contribution in [0.5, 0.6) is 0 Å². The molecule has 1 rings (SSSR count). The second kappa shape index (κ2) is 6.09. The molecule has 0 spiro atoms. The van der Waals surface area contributed by atoms with E-state index < -0.39 is 8.32 Å². The summed E-state index contributed by atoms with van der Waals surface area (Å²) in [6, 6.07) is 0. The summed E-state index contributed by atoms with van der Waals surface area (Å²) in [7, 11) is -1.61. The molecule has 0 atom stereocenters. The molecule has 0 saturated carbocycles. The molecule has 3 nitrogen and oxygen atoms in total. The summed E-state index contributed by atoms with van der Waals surface area (Å²) in [5, 5.41) is 3.25. The molecule has 0 N–H and O–H groups in total. The largest absolute Gasteiger partial charge is 0.414 e. The zero-order valence-electron chi connectivity index (χ0n) is 11.4. The van der Waals surface area contributed by atoms with E-state index in [4.69, 9.17) is 9.16 Å². The average molecular weight is 273 g/mol. The van der Waals surface area contributed by atoms with Crippen LogP contribution in [-0.4, -0.2) is 26.5 Å². The number of hydrogen-bond acceptors (Lipinski definition) is 4. The summed E-state index contributed by atoms with van der Waals surface area (Å²) in [6.07, 6.45) is 1.80. The molecule has 0 amide bonds. The van der Waals surface area contributed by atoms with Gasteiger partial charge < -0.3 is 9.16 Å². The number of rotatable bonds is 6. The number of thiazole rings is 1. The van der Waals surface area contributed by atoms with Gasteiger partial charge in [-0.05, 0) is 18.1 Å². The molecule has 0 aromatic carbocycles. The van der Waals surface area contributed by atoms with Crippen LogP contribution in [0.3, 0.4) is 0 Å². The highest BCUT2D eigenvalue weighted by Crippen LogP contribution is 2.36. The zero-order chi connectivity index (χ0) is 12.9. The molecule has 0 fully saturated rings. The molecule has 1 heterocycles. The minimum Gasteiger partial charge on any atom is -0.414 e. The lowest BCUT2D eigenvalue weighted by atomic mass is 10.2. The van der Waals surface area contributed by atoms with E-state index in [0.29, 0.717) is 19.8 Å². The van der Waals surface area contributed by atoms with Crippen LogP contribution in [0.15, 0.2) is 11.6 Å². The monoisotopic (exact) mass is 273 g/mol. The highest BCUT2D eigenvalue weighted by Gasteiger charge is 2.36. The molecular weight excluding hydrogens is 250 g/mol. The van der Waals surface area contributed by atoms with Crippen LogP contribution in [0.25, 0.3) is 0 Å². The fraction of sp³-hybridized carbons (Fsp3) is 0.750. The lowest BCUT2D eigenvalue weighted by molar-refractivity contribution is 0.0844. The summed E-state index contributed by atoms with van der Waals surface area (Å²) in [5.41, 5.74) is 0. The maximum Gasteiger partial charge on any atom is 0.192 e. The smallest absolute Gasteiger partial charge is 0.192 e. The van der Waals surface area contributed by atoms with Crippen molar-refractivity contribution in [1.82, 2.24) is 4.98 Å². The first-order chi connectivity index (χ1) is 7.83. The Morgan fingerprint density at radius 3 is 2.53 bits per heavy atom. The average Bonchev–Trinajstić information content (AvgIpc) is 2.68. The van der Waals surface area contributed by atoms with E-state index >= 15 is 0 Å². The molecule has 1 aromatic heterocycles. The Morgan fingerprint density at radius 2 is 2.00 bits per heavy atom. The molecule has 0 aliphatic heterocycles. The van der Waals surface area contributed by atoms with Gasteiger partial charge in [-0.1, -0.05) is 20.8 Å². The number of aromatic nitrogens is 1. The van der Waals surface area contributed by atoms with E-state index in [2.05, 4.69) is 38.8 Å². The van der Waals surface area contributed by atoms with Crippen LogP contribution in [0.1, 0.15) is 25.8 Å². The van der Waals surface area contributed by atoms with Gasteiger partial charge in [0.05, 0.1) is 19.8 Å². The van der Waals surface area contributed by atoms with E-state index in [0.717, 1.165) is 5.01 Å². The molecule has 0 radical (unpaired) electrons. The van der Waals surface area contributed by atoms with Crippen molar-refractivity contribution in [3.63, 3.8) is 0 Å². The summed E-state index contributed by atoms with van der Waals surface area (Å²) in [5.74, 6) is 0. The zero-order valence-corrected chi connectivity index (χ0v) is 13.3. The standard InChI is InChI=1S/C12H23NO2SSi/c1-12(2,3)17(4,5)15-8-7-14-10-11-13-6-9-16-11/h6,9H,7-8,10H2,1-5H3. The fourth-order valence-corrected chi connectivity index (χ4v) is 2.63. The van der Waals surface area contributed by atoms with Crippen molar-refractivity contribution in [2.75, 3.05) is 13.2 Å². The molecule has 0 aliphatic rings. The lowest BCUT2D eigenvalue weighted by Crippen LogP contribution is -2.41. The topological polar surface area (TPSA) is 31.4 Å². The van der Waals surface area contributed by atoms with Gasteiger partial charge in [0.25, 0.3) is 0 Å². The van der Waals surface area contributed by atoms with Crippen LogP contribution >= 0.6 is 11.3 Å². The van der Waals surface area contributed by atoms with Gasteiger partial charge in [0.1, 0.15) is 5.01 Å². The van der Waals surface area contributed by atoms with Gasteiger partial charge in [0.2, 0.25) is 0 Å². The van der Waals surface area contributed by atoms with Crippen molar-refractivity contribution in [2.24, 2.45) is 0 Å². The molecule has 98 valence electrons. The predicted molar refractivity (Wildman–Crippen MR) is 74.9 cm³/mol. The number of nitrogens with zero attached hydrogens (tertiary/aromatic N) is 1. The van der Waals surface area contributed by atoms with E-state index in [-0.39, 0.29) is 5.04 Å². The number of ether oxygens (including phenoxy) is 1. The van der Waals surface area contributed by atoms with Crippen molar-refractivity contribution < 1.29 is 9.16 Å². The van der Waals surface area contributed by atoms with Gasteiger partial charge in [-0.2, -0.15) is 0 Å². The van der Waals surface area contributed by atoms with Crippen molar-refractivity contribution in [3.8, 4) is 0 Å². The molecular formula is C12H23NO2SSi. The second-order valence-corrected chi connectivity index (χ2v) is 11.4. The van der Waals surface area contributed by atoms with Gasteiger partial charge in [0, 0.05) is 11.6 Å². The van der Waals surface area contributed by atoms with Crippen molar-refractivity contribution >= 4 is 19.7 Å². The third-order valence-electron chi connectivity index (χ3n) is 3.21. The van der Waals surface area contributed by atoms with Crippen LogP contribution in [0.4, 0.5) is 0 Å². The third-order valence-corrected chi connectivity index (χ3v) is 8.50. The van der Waals surface area contributed by atoms with Crippen LogP contribution in [0.2, 0.25) is 18.1 Å². The normalized spacial score (nSPS) is 13.0. The van der Waals surface area contributed by atoms with E-state index in [9.17, 15) is 0 Å². The molecule has 0 bridgehead atoms. The highest BCUT2D eigenvalue weighted by molar-refractivity contribution is 7.09. The second-order valence-electron chi connectivity index (χ2n) is 5.59. The molecule has 1 aromatic rings. The SMILES string of the molecule is CC(C)(C)[Si](C)(C)OCCOCc1nccs1. The maximum absolute atomic E-state index is 6.01. The van der Waals surface area contributed by atoms with E-state index in [1.807, 2.05) is 5.38 Å². The predicted octanol–water partition coefficient (Wildman–Crippen LogP) is 3.68. The van der Waals surface area contributed by atoms with E-state index in [1.165, 1.54) is 0 Å². The Bertz CT molecular complexity index is 320. The Morgan fingerprint density at radius 1 is 1.29 bits per heavy atom. The molecule has 5 heteroatoms. The highest BCUT2D eigenvalue weighted by atomic mass is 32.1. The first-order valence-electron chi connectivity index (χ1n) is 5.93.